The van der Waals surface area contributed by atoms with Gasteiger partial charge >= 0.3 is 0 Å². The van der Waals surface area contributed by atoms with Gasteiger partial charge in [0.2, 0.25) is 0 Å². The molecule has 118 valence electrons. The van der Waals surface area contributed by atoms with Gasteiger partial charge in [-0.3, -0.25) is 4.90 Å². The van der Waals surface area contributed by atoms with E-state index < -0.39 is 0 Å². The van der Waals surface area contributed by atoms with Gasteiger partial charge in [0.25, 0.3) is 0 Å². The maximum absolute atomic E-state index is 4.88. The van der Waals surface area contributed by atoms with Crippen LogP contribution in [0.5, 0.6) is 0 Å². The van der Waals surface area contributed by atoms with Crippen LogP contribution in [0, 0.1) is 0 Å². The number of likely N-dealkylation sites (tertiary alicyclic amines) is 1. The van der Waals surface area contributed by atoms with Crippen LogP contribution >= 0.6 is 0 Å². The van der Waals surface area contributed by atoms with Gasteiger partial charge in [-0.1, -0.05) is 5.16 Å². The fourth-order valence-corrected chi connectivity index (χ4v) is 2.68. The lowest BCUT2D eigenvalue weighted by atomic mass is 10.0. The third-order valence-electron chi connectivity index (χ3n) is 3.94. The van der Waals surface area contributed by atoms with E-state index >= 15 is 0 Å². The SMILES string of the molecule is CN(C)c1cc(NC2CCN(Cc3cnoc3)CC2)ncn1. The van der Waals surface area contributed by atoms with Crippen molar-refractivity contribution in [1.29, 1.82) is 0 Å². The Balaban J connectivity index is 1.50. The summed E-state index contributed by atoms with van der Waals surface area (Å²) >= 11 is 0. The lowest BCUT2D eigenvalue weighted by Crippen LogP contribution is -2.38. The van der Waals surface area contributed by atoms with Crippen LogP contribution in [0.3, 0.4) is 0 Å². The topological polar surface area (TPSA) is 70.3 Å². The summed E-state index contributed by atoms with van der Waals surface area (Å²) in [5, 5.41) is 7.27. The van der Waals surface area contributed by atoms with E-state index in [4.69, 9.17) is 4.52 Å². The third-order valence-corrected chi connectivity index (χ3v) is 3.94. The second-order valence-electron chi connectivity index (χ2n) is 5.88. The van der Waals surface area contributed by atoms with Crippen molar-refractivity contribution in [3.05, 3.63) is 30.4 Å². The Morgan fingerprint density at radius 3 is 2.82 bits per heavy atom. The maximum atomic E-state index is 4.88. The number of nitrogens with one attached hydrogen (secondary N) is 1. The first kappa shape index (κ1) is 14.8. The van der Waals surface area contributed by atoms with Crippen molar-refractivity contribution in [3.8, 4) is 0 Å². The number of piperidine rings is 1. The van der Waals surface area contributed by atoms with E-state index in [1.807, 2.05) is 25.1 Å². The molecule has 0 radical (unpaired) electrons. The predicted molar refractivity (Wildman–Crippen MR) is 84.8 cm³/mol. The second-order valence-corrected chi connectivity index (χ2v) is 5.88. The highest BCUT2D eigenvalue weighted by Crippen LogP contribution is 2.18. The van der Waals surface area contributed by atoms with Crippen LogP contribution in [0.15, 0.2) is 29.4 Å². The number of rotatable bonds is 5. The zero-order valence-electron chi connectivity index (χ0n) is 13.1. The minimum atomic E-state index is 0.462. The highest BCUT2D eigenvalue weighted by molar-refractivity contribution is 5.47. The summed E-state index contributed by atoms with van der Waals surface area (Å²) in [7, 11) is 3.96. The number of anilines is 2. The smallest absolute Gasteiger partial charge is 0.133 e. The molecule has 2 aromatic rings. The van der Waals surface area contributed by atoms with Gasteiger partial charge in [-0.15, -0.1) is 0 Å². The van der Waals surface area contributed by atoms with E-state index in [0.717, 1.165) is 49.7 Å². The first-order valence-electron chi connectivity index (χ1n) is 7.57. The number of hydrogen-bond acceptors (Lipinski definition) is 7. The molecular formula is C15H22N6O. The van der Waals surface area contributed by atoms with Crippen molar-refractivity contribution in [2.45, 2.75) is 25.4 Å². The highest BCUT2D eigenvalue weighted by atomic mass is 16.5. The van der Waals surface area contributed by atoms with Crippen molar-refractivity contribution in [2.75, 3.05) is 37.4 Å². The Morgan fingerprint density at radius 1 is 1.32 bits per heavy atom. The van der Waals surface area contributed by atoms with Gasteiger partial charge in [-0.25, -0.2) is 9.97 Å². The van der Waals surface area contributed by atoms with Crippen molar-refractivity contribution in [2.24, 2.45) is 0 Å². The molecule has 0 atom stereocenters. The number of aromatic nitrogens is 3. The summed E-state index contributed by atoms with van der Waals surface area (Å²) < 4.78 is 4.88. The molecule has 3 rings (SSSR count). The van der Waals surface area contributed by atoms with Gasteiger partial charge in [-0.2, -0.15) is 0 Å². The monoisotopic (exact) mass is 302 g/mol. The van der Waals surface area contributed by atoms with Crippen LogP contribution < -0.4 is 10.2 Å². The average molecular weight is 302 g/mol. The molecule has 0 bridgehead atoms. The molecule has 1 saturated heterocycles. The van der Waals surface area contributed by atoms with Crippen LogP contribution in [0.2, 0.25) is 0 Å². The molecule has 0 aromatic carbocycles. The molecule has 0 amide bonds. The zero-order chi connectivity index (χ0) is 15.4. The maximum Gasteiger partial charge on any atom is 0.133 e. The molecule has 0 spiro atoms. The Bertz CT molecular complexity index is 577. The summed E-state index contributed by atoms with van der Waals surface area (Å²) in [5.41, 5.74) is 1.14. The average Bonchev–Trinajstić information content (AvgIpc) is 3.02. The first-order chi connectivity index (χ1) is 10.7. The van der Waals surface area contributed by atoms with Crippen molar-refractivity contribution < 1.29 is 4.52 Å². The molecule has 1 aliphatic heterocycles. The first-order valence-corrected chi connectivity index (χ1v) is 7.57. The molecular weight excluding hydrogens is 280 g/mol. The molecule has 22 heavy (non-hydrogen) atoms. The molecule has 2 aromatic heterocycles. The molecule has 1 N–H and O–H groups in total. The van der Waals surface area contributed by atoms with Gasteiger partial charge in [0.05, 0.1) is 6.20 Å². The molecule has 7 heteroatoms. The van der Waals surface area contributed by atoms with E-state index in [1.54, 1.807) is 18.8 Å². The summed E-state index contributed by atoms with van der Waals surface area (Å²) in [6.45, 7) is 3.04. The highest BCUT2D eigenvalue weighted by Gasteiger charge is 2.20. The van der Waals surface area contributed by atoms with Crippen LogP contribution in [-0.4, -0.2) is 53.3 Å². The summed E-state index contributed by atoms with van der Waals surface area (Å²) in [6, 6.07) is 2.45. The minimum absolute atomic E-state index is 0.462. The molecule has 7 nitrogen and oxygen atoms in total. The van der Waals surface area contributed by atoms with E-state index in [-0.39, 0.29) is 0 Å². The van der Waals surface area contributed by atoms with Crippen molar-refractivity contribution >= 4 is 11.6 Å². The fourth-order valence-electron chi connectivity index (χ4n) is 2.68. The van der Waals surface area contributed by atoms with E-state index in [9.17, 15) is 0 Å². The Labute approximate surface area is 130 Å². The number of hydrogen-bond donors (Lipinski definition) is 1. The standard InChI is InChI=1S/C15H22N6O/c1-20(2)15-7-14(16-11-17-15)19-13-3-5-21(6-4-13)9-12-8-18-22-10-12/h7-8,10-11,13H,3-6,9H2,1-2H3,(H,16,17,19). The van der Waals surface area contributed by atoms with Gasteiger partial charge in [0, 0.05) is 51.4 Å². The molecule has 0 saturated carbocycles. The second kappa shape index (κ2) is 6.74. The zero-order valence-corrected chi connectivity index (χ0v) is 13.1. The van der Waals surface area contributed by atoms with Crippen molar-refractivity contribution in [3.63, 3.8) is 0 Å². The van der Waals surface area contributed by atoms with E-state index in [1.165, 1.54) is 0 Å². The molecule has 0 aliphatic carbocycles. The Kier molecular flexibility index (Phi) is 4.53. The largest absolute Gasteiger partial charge is 0.367 e. The number of nitrogens with zero attached hydrogens (tertiary/aromatic N) is 5. The van der Waals surface area contributed by atoms with Gasteiger partial charge < -0.3 is 14.7 Å². The summed E-state index contributed by atoms with van der Waals surface area (Å²) in [4.78, 5) is 13.0. The Hall–Kier alpha value is -2.15. The normalized spacial score (nSPS) is 16.6. The predicted octanol–water partition coefficient (Wildman–Crippen LogP) is 1.61. The van der Waals surface area contributed by atoms with E-state index in [2.05, 4.69) is 25.3 Å². The van der Waals surface area contributed by atoms with E-state index in [0.29, 0.717) is 6.04 Å². The summed E-state index contributed by atoms with van der Waals surface area (Å²) in [6.07, 6.45) is 7.32. The lowest BCUT2D eigenvalue weighted by molar-refractivity contribution is 0.210. The third kappa shape index (κ3) is 3.73. The van der Waals surface area contributed by atoms with Gasteiger partial charge in [0.15, 0.2) is 0 Å². The molecule has 1 fully saturated rings. The van der Waals surface area contributed by atoms with Crippen LogP contribution in [0.1, 0.15) is 18.4 Å². The quantitative estimate of drug-likeness (QED) is 0.899. The fraction of sp³-hybridized carbons (Fsp3) is 0.533. The summed E-state index contributed by atoms with van der Waals surface area (Å²) in [5.74, 6) is 1.82. The van der Waals surface area contributed by atoms with Crippen molar-refractivity contribution in [1.82, 2.24) is 20.0 Å². The van der Waals surface area contributed by atoms with Gasteiger partial charge in [-0.05, 0) is 12.8 Å². The minimum Gasteiger partial charge on any atom is -0.367 e. The van der Waals surface area contributed by atoms with Crippen LogP contribution in [-0.2, 0) is 6.54 Å². The molecule has 0 unspecified atom stereocenters. The van der Waals surface area contributed by atoms with Gasteiger partial charge in [0.1, 0.15) is 24.2 Å². The molecule has 3 heterocycles. The lowest BCUT2D eigenvalue weighted by Gasteiger charge is -2.32. The van der Waals surface area contributed by atoms with Crippen LogP contribution in [0.4, 0.5) is 11.6 Å². The Morgan fingerprint density at radius 2 is 2.14 bits per heavy atom. The van der Waals surface area contributed by atoms with Crippen LogP contribution in [0.25, 0.3) is 0 Å². The molecule has 1 aliphatic rings.